The summed E-state index contributed by atoms with van der Waals surface area (Å²) >= 11 is 0. The summed E-state index contributed by atoms with van der Waals surface area (Å²) in [4.78, 5) is 21.3. The molecule has 0 aliphatic rings. The summed E-state index contributed by atoms with van der Waals surface area (Å²) in [6, 6.07) is 27.0. The summed E-state index contributed by atoms with van der Waals surface area (Å²) in [5.41, 5.74) is 9.50. The van der Waals surface area contributed by atoms with Crippen LogP contribution in [0.4, 0.5) is 0 Å². The summed E-state index contributed by atoms with van der Waals surface area (Å²) in [5.74, 6) is 1.66. The number of oxime groups is 1. The monoisotopic (exact) mass is 469 g/mol. The molecule has 1 aromatic heterocycles. The van der Waals surface area contributed by atoms with Gasteiger partial charge in [-0.2, -0.15) is 0 Å². The Kier molecular flexibility index (Phi) is 7.91. The Labute approximate surface area is 204 Å². The fourth-order valence-electron chi connectivity index (χ4n) is 3.40. The summed E-state index contributed by atoms with van der Waals surface area (Å²) in [6.07, 6.45) is 0.626. The Hall–Kier alpha value is -4.39. The predicted octanol–water partition coefficient (Wildman–Crippen LogP) is 5.42. The minimum Gasteiger partial charge on any atom is -0.487 e. The fourth-order valence-corrected chi connectivity index (χ4v) is 3.40. The lowest BCUT2D eigenvalue weighted by Crippen LogP contribution is -2.13. The molecule has 4 rings (SSSR count). The molecule has 3 aromatic carbocycles. The molecule has 0 bridgehead atoms. The van der Waals surface area contributed by atoms with Gasteiger partial charge in [0.15, 0.2) is 0 Å². The average Bonchev–Trinajstić information content (AvgIpc) is 3.27. The van der Waals surface area contributed by atoms with E-state index in [0.29, 0.717) is 30.4 Å². The van der Waals surface area contributed by atoms with Gasteiger partial charge < -0.3 is 19.7 Å². The van der Waals surface area contributed by atoms with E-state index in [4.69, 9.17) is 19.7 Å². The van der Waals surface area contributed by atoms with E-state index in [1.54, 1.807) is 0 Å². The van der Waals surface area contributed by atoms with Gasteiger partial charge in [-0.3, -0.25) is 4.79 Å². The lowest BCUT2D eigenvalue weighted by molar-refractivity contribution is -0.117. The number of aromatic nitrogens is 1. The highest BCUT2D eigenvalue weighted by Crippen LogP contribution is 2.23. The molecule has 35 heavy (non-hydrogen) atoms. The van der Waals surface area contributed by atoms with E-state index in [-0.39, 0.29) is 18.9 Å². The van der Waals surface area contributed by atoms with E-state index in [1.807, 2.05) is 91.9 Å². The number of primary amides is 1. The van der Waals surface area contributed by atoms with Crippen LogP contribution in [0.3, 0.4) is 0 Å². The third-order valence-corrected chi connectivity index (χ3v) is 5.33. The van der Waals surface area contributed by atoms with Crippen molar-refractivity contribution in [3.05, 3.63) is 108 Å². The van der Waals surface area contributed by atoms with Crippen molar-refractivity contribution < 1.29 is 18.8 Å². The summed E-state index contributed by atoms with van der Waals surface area (Å²) in [5, 5.41) is 4.26. The van der Waals surface area contributed by atoms with Crippen molar-refractivity contribution in [1.29, 1.82) is 0 Å². The first-order chi connectivity index (χ1) is 17.1. The average molecular weight is 470 g/mol. The second kappa shape index (κ2) is 11.7. The lowest BCUT2D eigenvalue weighted by atomic mass is 10.1. The molecule has 0 spiro atoms. The van der Waals surface area contributed by atoms with Crippen LogP contribution in [0.2, 0.25) is 0 Å². The number of ether oxygens (including phenoxy) is 1. The molecular weight excluding hydrogens is 442 g/mol. The van der Waals surface area contributed by atoms with Gasteiger partial charge in [0.05, 0.1) is 5.71 Å². The van der Waals surface area contributed by atoms with Gasteiger partial charge in [0.2, 0.25) is 11.8 Å². The Morgan fingerprint density at radius 1 is 0.914 bits per heavy atom. The number of hydrogen-bond donors (Lipinski definition) is 1. The second-order valence-electron chi connectivity index (χ2n) is 7.96. The van der Waals surface area contributed by atoms with E-state index in [1.165, 1.54) is 0 Å². The third-order valence-electron chi connectivity index (χ3n) is 5.33. The van der Waals surface area contributed by atoms with Gasteiger partial charge in [0.1, 0.15) is 30.4 Å². The van der Waals surface area contributed by atoms with Crippen LogP contribution in [0.1, 0.15) is 35.4 Å². The highest BCUT2D eigenvalue weighted by Gasteiger charge is 2.12. The smallest absolute Gasteiger partial charge is 0.226 e. The van der Waals surface area contributed by atoms with E-state index >= 15 is 0 Å². The first kappa shape index (κ1) is 23.8. The van der Waals surface area contributed by atoms with Gasteiger partial charge in [0, 0.05) is 18.4 Å². The van der Waals surface area contributed by atoms with Crippen LogP contribution in [-0.4, -0.2) is 16.6 Å². The Morgan fingerprint density at radius 3 is 2.29 bits per heavy atom. The highest BCUT2D eigenvalue weighted by molar-refractivity contribution is 6.01. The van der Waals surface area contributed by atoms with Gasteiger partial charge in [-0.05, 0) is 42.3 Å². The highest BCUT2D eigenvalue weighted by atomic mass is 16.6. The van der Waals surface area contributed by atoms with Crippen molar-refractivity contribution in [2.75, 3.05) is 0 Å². The number of oxazole rings is 1. The first-order valence-electron chi connectivity index (χ1n) is 11.3. The van der Waals surface area contributed by atoms with Crippen LogP contribution in [0.15, 0.2) is 94.5 Å². The quantitative estimate of drug-likeness (QED) is 0.234. The van der Waals surface area contributed by atoms with Crippen LogP contribution in [0.5, 0.6) is 5.75 Å². The van der Waals surface area contributed by atoms with Crippen molar-refractivity contribution in [2.24, 2.45) is 10.9 Å². The molecule has 0 aliphatic carbocycles. The Balaban J connectivity index is 1.32. The van der Waals surface area contributed by atoms with Crippen molar-refractivity contribution in [2.45, 2.75) is 33.0 Å². The summed E-state index contributed by atoms with van der Waals surface area (Å²) < 4.78 is 11.7. The number of aryl methyl sites for hydroxylation is 1. The molecule has 2 N–H and O–H groups in total. The number of rotatable bonds is 11. The van der Waals surface area contributed by atoms with Crippen LogP contribution in [-0.2, 0) is 22.8 Å². The minimum atomic E-state index is -0.374. The normalized spacial score (nSPS) is 11.3. The maximum atomic E-state index is 11.2. The number of nitrogens with zero attached hydrogens (tertiary/aromatic N) is 2. The number of amides is 1. The van der Waals surface area contributed by atoms with Gasteiger partial charge >= 0.3 is 0 Å². The predicted molar refractivity (Wildman–Crippen MR) is 134 cm³/mol. The molecule has 7 nitrogen and oxygen atoms in total. The molecule has 0 saturated heterocycles. The van der Waals surface area contributed by atoms with Crippen LogP contribution in [0, 0.1) is 6.92 Å². The van der Waals surface area contributed by atoms with Crippen molar-refractivity contribution in [3.63, 3.8) is 0 Å². The first-order valence-corrected chi connectivity index (χ1v) is 11.3. The van der Waals surface area contributed by atoms with Gasteiger partial charge in [0.25, 0.3) is 0 Å². The minimum absolute atomic E-state index is 0.209. The Bertz CT molecular complexity index is 1270. The van der Waals surface area contributed by atoms with Crippen molar-refractivity contribution in [3.8, 4) is 17.2 Å². The second-order valence-corrected chi connectivity index (χ2v) is 7.96. The fraction of sp³-hybridized carbons (Fsp3) is 0.179. The zero-order chi connectivity index (χ0) is 24.5. The van der Waals surface area contributed by atoms with E-state index in [2.05, 4.69) is 10.1 Å². The molecule has 0 saturated carbocycles. The van der Waals surface area contributed by atoms with E-state index in [9.17, 15) is 4.79 Å². The van der Waals surface area contributed by atoms with Gasteiger partial charge in [-0.1, -0.05) is 65.8 Å². The van der Waals surface area contributed by atoms with Crippen LogP contribution < -0.4 is 10.5 Å². The van der Waals surface area contributed by atoms with E-state index in [0.717, 1.165) is 28.1 Å². The Morgan fingerprint density at radius 2 is 1.60 bits per heavy atom. The van der Waals surface area contributed by atoms with Crippen LogP contribution >= 0.6 is 0 Å². The maximum Gasteiger partial charge on any atom is 0.226 e. The molecule has 0 radical (unpaired) electrons. The topological polar surface area (TPSA) is 99.9 Å². The third kappa shape index (κ3) is 6.80. The largest absolute Gasteiger partial charge is 0.487 e. The molecule has 0 fully saturated rings. The van der Waals surface area contributed by atoms with E-state index < -0.39 is 0 Å². The standard InChI is InChI=1S/C28H27N3O4/c1-20-26(30-28(35-20)23-10-6-3-7-11-23)19-33-24-14-12-21(13-15-24)18-34-31-25(16-17-27(29)32)22-8-4-2-5-9-22/h2-15H,16-19H2,1H3,(H2,29,32)/b31-25+. The van der Waals surface area contributed by atoms with Gasteiger partial charge in [-0.15, -0.1) is 0 Å². The maximum absolute atomic E-state index is 11.2. The molecule has 1 heterocycles. The number of carbonyl (C=O) groups excluding carboxylic acids is 1. The SMILES string of the molecule is Cc1oc(-c2ccccc2)nc1COc1ccc(CO/N=C(\CCC(N)=O)c2ccccc2)cc1. The molecule has 0 unspecified atom stereocenters. The molecule has 178 valence electrons. The number of nitrogens with two attached hydrogens (primary N) is 1. The van der Waals surface area contributed by atoms with Gasteiger partial charge in [-0.25, -0.2) is 4.98 Å². The number of carbonyl (C=O) groups is 1. The molecule has 0 atom stereocenters. The molecule has 0 aliphatic heterocycles. The lowest BCUT2D eigenvalue weighted by Gasteiger charge is -2.08. The number of hydrogen-bond acceptors (Lipinski definition) is 6. The molecular formula is C28H27N3O4. The molecule has 1 amide bonds. The number of benzene rings is 3. The molecule has 4 aromatic rings. The van der Waals surface area contributed by atoms with Crippen molar-refractivity contribution in [1.82, 2.24) is 4.98 Å². The van der Waals surface area contributed by atoms with Crippen molar-refractivity contribution >= 4 is 11.6 Å². The zero-order valence-electron chi connectivity index (χ0n) is 19.5. The molecule has 7 heteroatoms. The van der Waals surface area contributed by atoms with Crippen LogP contribution in [0.25, 0.3) is 11.5 Å². The summed E-state index contributed by atoms with van der Waals surface area (Å²) in [6.45, 7) is 2.48. The summed E-state index contributed by atoms with van der Waals surface area (Å²) in [7, 11) is 0. The zero-order valence-corrected chi connectivity index (χ0v) is 19.5.